The van der Waals surface area contributed by atoms with Crippen LogP contribution < -0.4 is 14.8 Å². The number of benzene rings is 1. The van der Waals surface area contributed by atoms with Crippen molar-refractivity contribution in [1.29, 1.82) is 0 Å². The Hall–Kier alpha value is -2.34. The molecular weight excluding hydrogens is 298 g/mol. The van der Waals surface area contributed by atoms with E-state index in [-0.39, 0.29) is 0 Å². The molecule has 0 unspecified atom stereocenters. The number of anilines is 1. The van der Waals surface area contributed by atoms with Gasteiger partial charge < -0.3 is 14.8 Å². The van der Waals surface area contributed by atoms with Gasteiger partial charge in [0.25, 0.3) is 0 Å². The molecule has 6 heteroatoms. The molecule has 5 nitrogen and oxygen atoms in total. The van der Waals surface area contributed by atoms with Gasteiger partial charge in [-0.15, -0.1) is 11.3 Å². The summed E-state index contributed by atoms with van der Waals surface area (Å²) in [6.45, 7) is 3.21. The molecule has 0 fully saturated rings. The summed E-state index contributed by atoms with van der Waals surface area (Å²) in [7, 11) is 0. The number of fused-ring (bicyclic) bond motifs is 2. The van der Waals surface area contributed by atoms with Gasteiger partial charge in [0.1, 0.15) is 17.0 Å². The summed E-state index contributed by atoms with van der Waals surface area (Å²) in [5, 5.41) is 4.49. The zero-order valence-corrected chi connectivity index (χ0v) is 12.9. The fourth-order valence-electron chi connectivity index (χ4n) is 2.54. The lowest BCUT2D eigenvalue weighted by Crippen LogP contribution is -2.06. The van der Waals surface area contributed by atoms with Crippen LogP contribution in [0.5, 0.6) is 11.5 Å². The monoisotopic (exact) mass is 313 g/mol. The van der Waals surface area contributed by atoms with Crippen LogP contribution in [0.25, 0.3) is 10.2 Å². The second-order valence-electron chi connectivity index (χ2n) is 5.16. The van der Waals surface area contributed by atoms with Crippen molar-refractivity contribution < 1.29 is 9.47 Å². The van der Waals surface area contributed by atoms with Crippen LogP contribution in [0.1, 0.15) is 10.4 Å². The first-order valence-electron chi connectivity index (χ1n) is 7.13. The fraction of sp³-hybridized carbons (Fsp3) is 0.250. The van der Waals surface area contributed by atoms with Gasteiger partial charge in [0.2, 0.25) is 6.79 Å². The highest BCUT2D eigenvalue weighted by atomic mass is 32.1. The Labute approximate surface area is 131 Å². The Balaban J connectivity index is 1.46. The zero-order valence-electron chi connectivity index (χ0n) is 12.1. The van der Waals surface area contributed by atoms with Crippen molar-refractivity contribution in [2.45, 2.75) is 13.3 Å². The van der Waals surface area contributed by atoms with Gasteiger partial charge in [-0.2, -0.15) is 0 Å². The molecule has 1 aromatic carbocycles. The van der Waals surface area contributed by atoms with E-state index >= 15 is 0 Å². The predicted octanol–water partition coefficient (Wildman–Crippen LogP) is 3.38. The molecule has 4 rings (SSSR count). The zero-order chi connectivity index (χ0) is 14.9. The third-order valence-corrected chi connectivity index (χ3v) is 4.55. The Morgan fingerprint density at radius 3 is 3.05 bits per heavy atom. The normalized spacial score (nSPS) is 12.8. The predicted molar refractivity (Wildman–Crippen MR) is 86.9 cm³/mol. The molecule has 1 N–H and O–H groups in total. The molecular formula is C16H15N3O2S. The summed E-state index contributed by atoms with van der Waals surface area (Å²) in [6.07, 6.45) is 2.51. The molecule has 3 aromatic rings. The van der Waals surface area contributed by atoms with Gasteiger partial charge in [-0.05, 0) is 37.1 Å². The van der Waals surface area contributed by atoms with Gasteiger partial charge in [0.05, 0.1) is 5.39 Å². The maximum Gasteiger partial charge on any atom is 0.231 e. The van der Waals surface area contributed by atoms with E-state index in [1.165, 1.54) is 10.4 Å². The average molecular weight is 313 g/mol. The van der Waals surface area contributed by atoms with E-state index < -0.39 is 0 Å². The van der Waals surface area contributed by atoms with E-state index in [1.54, 1.807) is 17.7 Å². The summed E-state index contributed by atoms with van der Waals surface area (Å²) < 4.78 is 10.7. The molecule has 0 bridgehead atoms. The van der Waals surface area contributed by atoms with Gasteiger partial charge >= 0.3 is 0 Å². The minimum absolute atomic E-state index is 0.313. The Morgan fingerprint density at radius 2 is 2.09 bits per heavy atom. The van der Waals surface area contributed by atoms with E-state index in [0.29, 0.717) is 6.79 Å². The first-order valence-corrected chi connectivity index (χ1v) is 7.95. The van der Waals surface area contributed by atoms with Crippen LogP contribution in [-0.4, -0.2) is 23.3 Å². The molecule has 1 aliphatic rings. The number of ether oxygens (including phenoxy) is 2. The smallest absolute Gasteiger partial charge is 0.231 e. The third kappa shape index (κ3) is 2.46. The van der Waals surface area contributed by atoms with Gasteiger partial charge in [-0.1, -0.05) is 6.07 Å². The van der Waals surface area contributed by atoms with Crippen molar-refractivity contribution in [3.8, 4) is 11.5 Å². The van der Waals surface area contributed by atoms with Crippen molar-refractivity contribution in [1.82, 2.24) is 9.97 Å². The number of nitrogens with zero attached hydrogens (tertiary/aromatic N) is 2. The van der Waals surface area contributed by atoms with Gasteiger partial charge in [-0.3, -0.25) is 0 Å². The molecule has 0 atom stereocenters. The van der Waals surface area contributed by atoms with Crippen molar-refractivity contribution >= 4 is 27.4 Å². The fourth-order valence-corrected chi connectivity index (χ4v) is 3.39. The van der Waals surface area contributed by atoms with Crippen LogP contribution in [0, 0.1) is 6.92 Å². The maximum absolute atomic E-state index is 5.40. The molecule has 0 amide bonds. The van der Waals surface area contributed by atoms with Crippen LogP contribution in [0.2, 0.25) is 0 Å². The van der Waals surface area contributed by atoms with E-state index in [4.69, 9.17) is 9.47 Å². The number of rotatable bonds is 4. The van der Waals surface area contributed by atoms with Crippen LogP contribution in [0.15, 0.2) is 30.6 Å². The molecule has 112 valence electrons. The number of hydrogen-bond donors (Lipinski definition) is 1. The number of aromatic nitrogens is 2. The van der Waals surface area contributed by atoms with E-state index in [2.05, 4.69) is 34.3 Å². The summed E-state index contributed by atoms with van der Waals surface area (Å²) in [4.78, 5) is 10.9. The van der Waals surface area contributed by atoms with Gasteiger partial charge in [0.15, 0.2) is 11.5 Å². The number of nitrogens with one attached hydrogen (secondary N) is 1. The first kappa shape index (κ1) is 13.3. The minimum Gasteiger partial charge on any atom is -0.454 e. The maximum atomic E-state index is 5.40. The van der Waals surface area contributed by atoms with Crippen LogP contribution >= 0.6 is 11.3 Å². The van der Waals surface area contributed by atoms with E-state index in [9.17, 15) is 0 Å². The first-order chi connectivity index (χ1) is 10.8. The lowest BCUT2D eigenvalue weighted by Gasteiger charge is -2.07. The largest absolute Gasteiger partial charge is 0.454 e. The quantitative estimate of drug-likeness (QED) is 0.800. The molecule has 1 aliphatic heterocycles. The molecule has 0 saturated heterocycles. The van der Waals surface area contributed by atoms with E-state index in [0.717, 1.165) is 40.5 Å². The molecule has 22 heavy (non-hydrogen) atoms. The second-order valence-corrected chi connectivity index (χ2v) is 6.40. The highest BCUT2D eigenvalue weighted by Gasteiger charge is 2.13. The van der Waals surface area contributed by atoms with Crippen molar-refractivity contribution in [3.63, 3.8) is 0 Å². The molecule has 3 heterocycles. The SMILES string of the molecule is Cc1cc2c(NCCc3ccc4c(c3)OCO4)ncnc2s1. The summed E-state index contributed by atoms with van der Waals surface area (Å²) in [6, 6.07) is 8.19. The Kier molecular flexibility index (Phi) is 3.31. The Morgan fingerprint density at radius 1 is 1.18 bits per heavy atom. The van der Waals surface area contributed by atoms with E-state index in [1.807, 2.05) is 12.1 Å². The third-order valence-electron chi connectivity index (χ3n) is 3.60. The topological polar surface area (TPSA) is 56.3 Å². The number of hydrogen-bond acceptors (Lipinski definition) is 6. The lowest BCUT2D eigenvalue weighted by atomic mass is 10.1. The van der Waals surface area contributed by atoms with Gasteiger partial charge in [-0.25, -0.2) is 9.97 Å². The van der Waals surface area contributed by atoms with Gasteiger partial charge in [0, 0.05) is 11.4 Å². The summed E-state index contributed by atoms with van der Waals surface area (Å²) in [5.41, 5.74) is 1.21. The van der Waals surface area contributed by atoms with Crippen LogP contribution in [0.4, 0.5) is 5.82 Å². The highest BCUT2D eigenvalue weighted by molar-refractivity contribution is 7.18. The minimum atomic E-state index is 0.313. The summed E-state index contributed by atoms with van der Waals surface area (Å²) >= 11 is 1.69. The van der Waals surface area contributed by atoms with Crippen molar-refractivity contribution in [2.24, 2.45) is 0 Å². The van der Waals surface area contributed by atoms with Crippen molar-refractivity contribution in [3.05, 3.63) is 41.0 Å². The molecule has 0 aliphatic carbocycles. The van der Waals surface area contributed by atoms with Crippen molar-refractivity contribution in [2.75, 3.05) is 18.7 Å². The number of thiophene rings is 1. The molecule has 2 aromatic heterocycles. The second kappa shape index (κ2) is 5.46. The summed E-state index contributed by atoms with van der Waals surface area (Å²) in [5.74, 6) is 2.55. The number of aryl methyl sites for hydroxylation is 1. The standard InChI is InChI=1S/C16H15N3O2S/c1-10-6-12-15(18-8-19-16(12)22-10)17-5-4-11-2-3-13-14(7-11)21-9-20-13/h2-3,6-8H,4-5,9H2,1H3,(H,17,18,19). The molecule has 0 saturated carbocycles. The average Bonchev–Trinajstić information content (AvgIpc) is 3.12. The van der Waals surface area contributed by atoms with Crippen LogP contribution in [0.3, 0.4) is 0 Å². The molecule has 0 spiro atoms. The lowest BCUT2D eigenvalue weighted by molar-refractivity contribution is 0.174. The molecule has 0 radical (unpaired) electrons. The Bertz CT molecular complexity index is 831. The van der Waals surface area contributed by atoms with Crippen LogP contribution in [-0.2, 0) is 6.42 Å². The highest BCUT2D eigenvalue weighted by Crippen LogP contribution is 2.32.